The Bertz CT molecular complexity index is 1220. The van der Waals surface area contributed by atoms with Crippen molar-refractivity contribution in [3.63, 3.8) is 0 Å². The normalized spacial score (nSPS) is 23.0. The Hall–Kier alpha value is -3.75. The fraction of sp³-hybridized carbons (Fsp3) is 0.375. The molecule has 2 aromatic rings. The highest BCUT2D eigenvalue weighted by Gasteiger charge is 2.36. The largest absolute Gasteiger partial charge is 0.359 e. The third-order valence-corrected chi connectivity index (χ3v) is 6.63. The van der Waals surface area contributed by atoms with Gasteiger partial charge in [0.25, 0.3) is 5.91 Å². The highest BCUT2D eigenvalue weighted by Crippen LogP contribution is 2.49. The molecule has 0 radical (unpaired) electrons. The number of aromatic amines is 1. The molecule has 3 N–H and O–H groups in total. The fourth-order valence-electron chi connectivity index (χ4n) is 4.71. The smallest absolute Gasteiger partial charge is 0.254 e. The number of amides is 1. The first-order valence-corrected chi connectivity index (χ1v) is 11.5. The quantitative estimate of drug-likeness (QED) is 0.610. The standard InChI is InChI=1S/C24H25N7O2/c32-20(31-10-9-25-13-31)6-5-16-21(14-1-2-14)18(29-22(16)15-3-4-15)11-19-23(27-8-7-26-19)17-12-28-30-24(17)33/h7-15,17,26,29H,1-6H2,(H,30,33). The van der Waals surface area contributed by atoms with Crippen molar-refractivity contribution in [2.45, 2.75) is 50.4 Å². The molecule has 2 fully saturated rings. The number of hydrazone groups is 1. The number of carbonyl (C=O) groups is 2. The van der Waals surface area contributed by atoms with Gasteiger partial charge in [0.15, 0.2) is 0 Å². The maximum absolute atomic E-state index is 12.6. The van der Waals surface area contributed by atoms with Crippen LogP contribution in [0.3, 0.4) is 0 Å². The van der Waals surface area contributed by atoms with Crippen LogP contribution in [0.5, 0.6) is 0 Å². The molecule has 2 saturated carbocycles. The second-order valence-electron chi connectivity index (χ2n) is 9.02. The third-order valence-electron chi connectivity index (χ3n) is 6.63. The summed E-state index contributed by atoms with van der Waals surface area (Å²) in [5.41, 5.74) is 8.88. The molecule has 2 aliphatic heterocycles. The van der Waals surface area contributed by atoms with E-state index in [-0.39, 0.29) is 11.8 Å². The molecule has 0 aromatic carbocycles. The minimum absolute atomic E-state index is 0.0529. The molecule has 1 atom stereocenters. The Balaban J connectivity index is 1.35. The first-order valence-electron chi connectivity index (χ1n) is 11.5. The summed E-state index contributed by atoms with van der Waals surface area (Å²) >= 11 is 0. The molecule has 1 amide bonds. The molecule has 0 bridgehead atoms. The van der Waals surface area contributed by atoms with Crippen LogP contribution < -0.4 is 10.7 Å². The zero-order chi connectivity index (χ0) is 22.4. The van der Waals surface area contributed by atoms with E-state index < -0.39 is 5.92 Å². The lowest BCUT2D eigenvalue weighted by atomic mass is 9.96. The van der Waals surface area contributed by atoms with Crippen molar-refractivity contribution in [3.8, 4) is 0 Å². The van der Waals surface area contributed by atoms with Crippen molar-refractivity contribution >= 4 is 29.8 Å². The Morgan fingerprint density at radius 2 is 2.06 bits per heavy atom. The summed E-state index contributed by atoms with van der Waals surface area (Å²) in [5, 5.41) is 7.17. The summed E-state index contributed by atoms with van der Waals surface area (Å²) < 4.78 is 1.55. The van der Waals surface area contributed by atoms with E-state index in [9.17, 15) is 9.59 Å². The second-order valence-corrected chi connectivity index (χ2v) is 9.02. The van der Waals surface area contributed by atoms with Crippen LogP contribution >= 0.6 is 0 Å². The SMILES string of the molecule is O=C1NN=CC1C1=NC=CNC1=Cc1[nH]c(C2CC2)c(CCC(=O)n2ccnc2)c1C1CC1. The Kier molecular flexibility index (Phi) is 4.82. The first-order chi connectivity index (χ1) is 16.2. The van der Waals surface area contributed by atoms with E-state index in [4.69, 9.17) is 0 Å². The van der Waals surface area contributed by atoms with E-state index in [0.717, 1.165) is 24.2 Å². The Morgan fingerprint density at radius 3 is 2.76 bits per heavy atom. The van der Waals surface area contributed by atoms with Crippen LogP contribution in [0.25, 0.3) is 6.08 Å². The number of imidazole rings is 1. The molecule has 6 rings (SSSR count). The van der Waals surface area contributed by atoms with Crippen LogP contribution in [-0.4, -0.2) is 38.3 Å². The van der Waals surface area contributed by atoms with E-state index in [2.05, 4.69) is 36.9 Å². The highest BCUT2D eigenvalue weighted by molar-refractivity contribution is 6.24. The lowest BCUT2D eigenvalue weighted by Crippen LogP contribution is -2.32. The number of H-pyrrole nitrogens is 1. The zero-order valence-corrected chi connectivity index (χ0v) is 18.1. The number of nitrogens with zero attached hydrogens (tertiary/aromatic N) is 4. The molecule has 4 heterocycles. The Labute approximate surface area is 190 Å². The summed E-state index contributed by atoms with van der Waals surface area (Å²) in [5.74, 6) is 0.409. The second kappa shape index (κ2) is 7.99. The van der Waals surface area contributed by atoms with E-state index >= 15 is 0 Å². The number of aliphatic imine (C=N–C) groups is 1. The summed E-state index contributed by atoms with van der Waals surface area (Å²) in [6, 6.07) is 0. The number of nitrogens with one attached hydrogen (secondary N) is 3. The van der Waals surface area contributed by atoms with Gasteiger partial charge in [-0.25, -0.2) is 10.4 Å². The van der Waals surface area contributed by atoms with E-state index in [1.807, 2.05) is 0 Å². The van der Waals surface area contributed by atoms with Gasteiger partial charge in [-0.1, -0.05) is 0 Å². The summed E-state index contributed by atoms with van der Waals surface area (Å²) in [4.78, 5) is 37.0. The average molecular weight is 444 g/mol. The van der Waals surface area contributed by atoms with Crippen LogP contribution in [0.15, 0.2) is 46.9 Å². The van der Waals surface area contributed by atoms with E-state index in [0.29, 0.717) is 30.4 Å². The molecule has 9 heteroatoms. The number of hydrogen-bond acceptors (Lipinski definition) is 6. The van der Waals surface area contributed by atoms with Crippen molar-refractivity contribution in [1.82, 2.24) is 25.3 Å². The number of carbonyl (C=O) groups excluding carboxylic acids is 2. The minimum Gasteiger partial charge on any atom is -0.359 e. The first kappa shape index (κ1) is 19.9. The van der Waals surface area contributed by atoms with Gasteiger partial charge < -0.3 is 10.3 Å². The van der Waals surface area contributed by atoms with Gasteiger partial charge in [0.05, 0.1) is 11.4 Å². The van der Waals surface area contributed by atoms with Gasteiger partial charge in [-0.3, -0.25) is 19.1 Å². The van der Waals surface area contributed by atoms with Crippen LogP contribution in [0.2, 0.25) is 0 Å². The van der Waals surface area contributed by atoms with Gasteiger partial charge in [0.2, 0.25) is 5.91 Å². The highest BCUT2D eigenvalue weighted by atomic mass is 16.2. The molecule has 0 saturated heterocycles. The van der Waals surface area contributed by atoms with E-state index in [1.165, 1.54) is 29.7 Å². The number of hydrogen-bond donors (Lipinski definition) is 3. The molecule has 168 valence electrons. The predicted molar refractivity (Wildman–Crippen MR) is 124 cm³/mol. The average Bonchev–Trinajstić information content (AvgIpc) is 3.71. The van der Waals surface area contributed by atoms with Gasteiger partial charge in [-0.15, -0.1) is 0 Å². The van der Waals surface area contributed by atoms with Crippen molar-refractivity contribution in [2.75, 3.05) is 0 Å². The van der Waals surface area contributed by atoms with Gasteiger partial charge in [0, 0.05) is 48.8 Å². The van der Waals surface area contributed by atoms with Gasteiger partial charge in [0.1, 0.15) is 12.2 Å². The van der Waals surface area contributed by atoms with Crippen LogP contribution in [-0.2, 0) is 11.2 Å². The van der Waals surface area contributed by atoms with Gasteiger partial charge in [-0.2, -0.15) is 5.10 Å². The topological polar surface area (TPSA) is 117 Å². The lowest BCUT2D eigenvalue weighted by molar-refractivity contribution is -0.120. The third kappa shape index (κ3) is 3.83. The van der Waals surface area contributed by atoms with Gasteiger partial charge >= 0.3 is 0 Å². The molecule has 2 aliphatic carbocycles. The molecular formula is C24H25N7O2. The zero-order valence-electron chi connectivity index (χ0n) is 18.1. The number of allylic oxidation sites excluding steroid dienone is 1. The molecular weight excluding hydrogens is 418 g/mol. The summed E-state index contributed by atoms with van der Waals surface area (Å²) in [6.07, 6.45) is 17.8. The fourth-order valence-corrected chi connectivity index (χ4v) is 4.71. The van der Waals surface area contributed by atoms with Crippen molar-refractivity contribution in [1.29, 1.82) is 0 Å². The van der Waals surface area contributed by atoms with Crippen LogP contribution in [0.1, 0.15) is 71.2 Å². The maximum Gasteiger partial charge on any atom is 0.254 e. The maximum atomic E-state index is 12.6. The van der Waals surface area contributed by atoms with Crippen LogP contribution in [0, 0.1) is 5.92 Å². The molecule has 9 nitrogen and oxygen atoms in total. The van der Waals surface area contributed by atoms with Crippen LogP contribution in [0.4, 0.5) is 0 Å². The molecule has 0 spiro atoms. The van der Waals surface area contributed by atoms with Crippen molar-refractivity contribution in [3.05, 3.63) is 59.3 Å². The van der Waals surface area contributed by atoms with Crippen molar-refractivity contribution < 1.29 is 9.59 Å². The summed E-state index contributed by atoms with van der Waals surface area (Å²) in [7, 11) is 0. The molecule has 2 aromatic heterocycles. The predicted octanol–water partition coefficient (Wildman–Crippen LogP) is 2.83. The molecule has 1 unspecified atom stereocenters. The minimum atomic E-state index is -0.511. The van der Waals surface area contributed by atoms with E-state index in [1.54, 1.807) is 41.9 Å². The van der Waals surface area contributed by atoms with Gasteiger partial charge in [-0.05, 0) is 61.1 Å². The Morgan fingerprint density at radius 1 is 1.21 bits per heavy atom. The number of rotatable bonds is 7. The molecule has 4 aliphatic rings. The van der Waals surface area contributed by atoms with Crippen molar-refractivity contribution in [2.24, 2.45) is 16.0 Å². The number of aromatic nitrogens is 3. The monoisotopic (exact) mass is 443 g/mol. The molecule has 33 heavy (non-hydrogen) atoms. The summed E-state index contributed by atoms with van der Waals surface area (Å²) in [6.45, 7) is 0. The lowest BCUT2D eigenvalue weighted by Gasteiger charge is -2.16.